The number of sulfonamides is 1. The van der Waals surface area contributed by atoms with E-state index in [9.17, 15) is 13.2 Å². The third-order valence-electron chi connectivity index (χ3n) is 2.38. The number of benzene rings is 1. The molecule has 0 unspecified atom stereocenters. The van der Waals surface area contributed by atoms with E-state index in [0.717, 1.165) is 6.42 Å². The minimum atomic E-state index is -3.69. The van der Waals surface area contributed by atoms with Crippen LogP contribution < -0.4 is 10.0 Å². The van der Waals surface area contributed by atoms with E-state index in [0.29, 0.717) is 11.0 Å². The molecule has 7 heteroatoms. The van der Waals surface area contributed by atoms with Gasteiger partial charge in [0.1, 0.15) is 0 Å². The Hall–Kier alpha value is -0.920. The summed E-state index contributed by atoms with van der Waals surface area (Å²) in [5.74, 6) is -0.333. The predicted molar refractivity (Wildman–Crippen MR) is 77.2 cm³/mol. The van der Waals surface area contributed by atoms with Crippen molar-refractivity contribution in [3.05, 3.63) is 28.7 Å². The molecule has 1 aromatic carbocycles. The minimum absolute atomic E-state index is 0.122. The standard InChI is InChI=1S/C12H17BrN2O3S/c1-3-7-14-12(16)9(2)15-19(17,18)11-6-4-5-10(13)8-11/h4-6,8-9,15H,3,7H2,1-2H3,(H,14,16)/t9-/m1/s1. The Bertz CT molecular complexity index is 546. The molecule has 0 heterocycles. The zero-order valence-electron chi connectivity index (χ0n) is 10.8. The van der Waals surface area contributed by atoms with Crippen LogP contribution in [0.15, 0.2) is 33.6 Å². The van der Waals surface area contributed by atoms with Crippen molar-refractivity contribution in [3.63, 3.8) is 0 Å². The summed E-state index contributed by atoms with van der Waals surface area (Å²) in [6, 6.07) is 5.51. The molecule has 2 N–H and O–H groups in total. The summed E-state index contributed by atoms with van der Waals surface area (Å²) in [6.45, 7) is 3.97. The van der Waals surface area contributed by atoms with Crippen molar-refractivity contribution in [2.45, 2.75) is 31.2 Å². The lowest BCUT2D eigenvalue weighted by Gasteiger charge is -2.14. The van der Waals surface area contributed by atoms with Gasteiger partial charge in [0.05, 0.1) is 10.9 Å². The van der Waals surface area contributed by atoms with Crippen molar-refractivity contribution in [1.82, 2.24) is 10.0 Å². The van der Waals surface area contributed by atoms with E-state index in [1.54, 1.807) is 12.1 Å². The van der Waals surface area contributed by atoms with E-state index >= 15 is 0 Å². The number of carbonyl (C=O) groups is 1. The lowest BCUT2D eigenvalue weighted by molar-refractivity contribution is -0.122. The van der Waals surface area contributed by atoms with Gasteiger partial charge in [-0.05, 0) is 31.5 Å². The highest BCUT2D eigenvalue weighted by Gasteiger charge is 2.21. The second kappa shape index (κ2) is 7.02. The molecule has 0 aromatic heterocycles. The van der Waals surface area contributed by atoms with Gasteiger partial charge in [0.15, 0.2) is 0 Å². The number of carbonyl (C=O) groups excluding carboxylic acids is 1. The summed E-state index contributed by atoms with van der Waals surface area (Å²) in [5.41, 5.74) is 0. The highest BCUT2D eigenvalue weighted by atomic mass is 79.9. The van der Waals surface area contributed by atoms with E-state index < -0.39 is 16.1 Å². The van der Waals surface area contributed by atoms with Gasteiger partial charge in [-0.15, -0.1) is 0 Å². The summed E-state index contributed by atoms with van der Waals surface area (Å²) in [5, 5.41) is 2.64. The van der Waals surface area contributed by atoms with Crippen LogP contribution in [0.25, 0.3) is 0 Å². The van der Waals surface area contributed by atoms with E-state index in [4.69, 9.17) is 0 Å². The van der Waals surface area contributed by atoms with E-state index in [-0.39, 0.29) is 10.8 Å². The number of halogens is 1. The molecule has 0 aliphatic rings. The Labute approximate surface area is 122 Å². The smallest absolute Gasteiger partial charge is 0.241 e. The van der Waals surface area contributed by atoms with Crippen molar-refractivity contribution < 1.29 is 13.2 Å². The van der Waals surface area contributed by atoms with Gasteiger partial charge in [-0.3, -0.25) is 4.79 Å². The van der Waals surface area contributed by atoms with Crippen LogP contribution in [0.1, 0.15) is 20.3 Å². The lowest BCUT2D eigenvalue weighted by atomic mass is 10.3. The first-order valence-electron chi connectivity index (χ1n) is 5.92. The lowest BCUT2D eigenvalue weighted by Crippen LogP contribution is -2.44. The SMILES string of the molecule is CCCNC(=O)[C@@H](C)NS(=O)(=O)c1cccc(Br)c1. The monoisotopic (exact) mass is 348 g/mol. The molecule has 0 saturated heterocycles. The molecule has 1 aromatic rings. The molecule has 0 aliphatic heterocycles. The molecule has 0 radical (unpaired) electrons. The minimum Gasteiger partial charge on any atom is -0.355 e. The van der Waals surface area contributed by atoms with Gasteiger partial charge in [-0.25, -0.2) is 8.42 Å². The summed E-state index contributed by atoms with van der Waals surface area (Å²) in [6.07, 6.45) is 0.802. The van der Waals surface area contributed by atoms with Crippen LogP contribution in [0.3, 0.4) is 0 Å². The van der Waals surface area contributed by atoms with Crippen LogP contribution in [0.2, 0.25) is 0 Å². The molecular formula is C12H17BrN2O3S. The van der Waals surface area contributed by atoms with E-state index in [1.165, 1.54) is 19.1 Å². The second-order valence-corrected chi connectivity index (χ2v) is 6.72. The summed E-state index contributed by atoms with van der Waals surface area (Å²) in [4.78, 5) is 11.8. The molecule has 106 valence electrons. The predicted octanol–water partition coefficient (Wildman–Crippen LogP) is 1.64. The van der Waals surface area contributed by atoms with Crippen LogP contribution in [0.5, 0.6) is 0 Å². The number of rotatable bonds is 6. The van der Waals surface area contributed by atoms with Gasteiger partial charge in [0.25, 0.3) is 0 Å². The molecule has 1 rings (SSSR count). The van der Waals surface area contributed by atoms with E-state index in [1.807, 2.05) is 6.92 Å². The third-order valence-corrected chi connectivity index (χ3v) is 4.41. The highest BCUT2D eigenvalue weighted by Crippen LogP contribution is 2.16. The number of hydrogen-bond donors (Lipinski definition) is 2. The molecule has 1 amide bonds. The van der Waals surface area contributed by atoms with Gasteiger partial charge >= 0.3 is 0 Å². The maximum atomic E-state index is 12.1. The average Bonchev–Trinajstić information content (AvgIpc) is 2.35. The van der Waals surface area contributed by atoms with Gasteiger partial charge in [0.2, 0.25) is 15.9 Å². The molecule has 0 bridgehead atoms. The van der Waals surface area contributed by atoms with E-state index in [2.05, 4.69) is 26.0 Å². The summed E-state index contributed by atoms with van der Waals surface area (Å²) in [7, 11) is -3.69. The first-order chi connectivity index (χ1) is 8.86. The first kappa shape index (κ1) is 16.1. The molecule has 0 aliphatic carbocycles. The van der Waals surface area contributed by atoms with Crippen LogP contribution in [0.4, 0.5) is 0 Å². The quantitative estimate of drug-likeness (QED) is 0.820. The molecule has 0 saturated carbocycles. The molecule has 5 nitrogen and oxygen atoms in total. The Kier molecular flexibility index (Phi) is 5.96. The van der Waals surface area contributed by atoms with Gasteiger partial charge in [-0.2, -0.15) is 4.72 Å². The van der Waals surface area contributed by atoms with Crippen molar-refractivity contribution >= 4 is 31.9 Å². The molecule has 19 heavy (non-hydrogen) atoms. The summed E-state index contributed by atoms with van der Waals surface area (Å²) >= 11 is 3.21. The zero-order valence-corrected chi connectivity index (χ0v) is 13.2. The zero-order chi connectivity index (χ0) is 14.5. The Morgan fingerprint density at radius 3 is 2.68 bits per heavy atom. The normalized spacial score (nSPS) is 13.0. The third kappa shape index (κ3) is 4.93. The van der Waals surface area contributed by atoms with Crippen molar-refractivity contribution in [2.24, 2.45) is 0 Å². The highest BCUT2D eigenvalue weighted by molar-refractivity contribution is 9.10. The van der Waals surface area contributed by atoms with Crippen molar-refractivity contribution in [2.75, 3.05) is 6.54 Å². The Morgan fingerprint density at radius 2 is 2.11 bits per heavy atom. The van der Waals surface area contributed by atoms with Gasteiger partial charge in [0, 0.05) is 11.0 Å². The Morgan fingerprint density at radius 1 is 1.42 bits per heavy atom. The van der Waals surface area contributed by atoms with Crippen LogP contribution in [0, 0.1) is 0 Å². The van der Waals surface area contributed by atoms with Crippen molar-refractivity contribution in [1.29, 1.82) is 0 Å². The largest absolute Gasteiger partial charge is 0.355 e. The van der Waals surface area contributed by atoms with Crippen molar-refractivity contribution in [3.8, 4) is 0 Å². The molecule has 0 spiro atoms. The summed E-state index contributed by atoms with van der Waals surface area (Å²) < 4.78 is 27.1. The number of hydrogen-bond acceptors (Lipinski definition) is 3. The Balaban J connectivity index is 2.77. The maximum Gasteiger partial charge on any atom is 0.241 e. The number of amides is 1. The van der Waals surface area contributed by atoms with Gasteiger partial charge in [-0.1, -0.05) is 28.9 Å². The fourth-order valence-corrected chi connectivity index (χ4v) is 3.19. The van der Waals surface area contributed by atoms with Crippen LogP contribution in [-0.2, 0) is 14.8 Å². The maximum absolute atomic E-state index is 12.1. The van der Waals surface area contributed by atoms with Crippen LogP contribution >= 0.6 is 15.9 Å². The second-order valence-electron chi connectivity index (χ2n) is 4.09. The average molecular weight is 349 g/mol. The van der Waals surface area contributed by atoms with Crippen LogP contribution in [-0.4, -0.2) is 26.9 Å². The molecular weight excluding hydrogens is 332 g/mol. The first-order valence-corrected chi connectivity index (χ1v) is 8.20. The van der Waals surface area contributed by atoms with Gasteiger partial charge < -0.3 is 5.32 Å². The number of nitrogens with one attached hydrogen (secondary N) is 2. The topological polar surface area (TPSA) is 75.3 Å². The molecule has 0 fully saturated rings. The molecule has 1 atom stereocenters. The fraction of sp³-hybridized carbons (Fsp3) is 0.417. The fourth-order valence-electron chi connectivity index (χ4n) is 1.39.